The highest BCUT2D eigenvalue weighted by atomic mass is 19.1. The van der Waals surface area contributed by atoms with E-state index in [2.05, 4.69) is 18.0 Å². The molecular formula is C21H28FNO2. The largest absolute Gasteiger partial charge is 0.476 e. The summed E-state index contributed by atoms with van der Waals surface area (Å²) in [4.78, 5) is 13.7. The average molecular weight is 345 g/mol. The first-order chi connectivity index (χ1) is 12.0. The standard InChI is InChI=1S/C21H28FNO2/c1-3-4-5-6-7-8-9-10-16-12-11-15(2)17(13-16)19-14-18(22)20(23-19)21(24)25/h11-14,23H,3-10H2,1-2H3,(H,24,25). The van der Waals surface area contributed by atoms with Crippen molar-refractivity contribution in [1.82, 2.24) is 4.98 Å². The summed E-state index contributed by atoms with van der Waals surface area (Å²) in [6.07, 6.45) is 9.89. The van der Waals surface area contributed by atoms with E-state index in [1.807, 2.05) is 19.1 Å². The Balaban J connectivity index is 1.98. The van der Waals surface area contributed by atoms with Crippen LogP contribution in [0.2, 0.25) is 0 Å². The van der Waals surface area contributed by atoms with Crippen LogP contribution in [0, 0.1) is 12.7 Å². The summed E-state index contributed by atoms with van der Waals surface area (Å²) < 4.78 is 13.7. The number of halogens is 1. The van der Waals surface area contributed by atoms with Gasteiger partial charge in [0, 0.05) is 17.3 Å². The van der Waals surface area contributed by atoms with E-state index in [1.165, 1.54) is 50.2 Å². The Bertz CT molecular complexity index is 706. The first-order valence-corrected chi connectivity index (χ1v) is 9.24. The molecule has 0 aliphatic rings. The van der Waals surface area contributed by atoms with Gasteiger partial charge in [0.15, 0.2) is 11.5 Å². The van der Waals surface area contributed by atoms with Crippen LogP contribution in [0.15, 0.2) is 24.3 Å². The number of H-pyrrole nitrogens is 1. The van der Waals surface area contributed by atoms with Crippen molar-refractivity contribution in [3.05, 3.63) is 46.9 Å². The summed E-state index contributed by atoms with van der Waals surface area (Å²) in [5.41, 5.74) is 3.22. The number of aromatic nitrogens is 1. The van der Waals surface area contributed by atoms with Crippen LogP contribution in [0.3, 0.4) is 0 Å². The minimum Gasteiger partial charge on any atom is -0.476 e. The van der Waals surface area contributed by atoms with Gasteiger partial charge in [-0.3, -0.25) is 0 Å². The van der Waals surface area contributed by atoms with E-state index in [-0.39, 0.29) is 5.69 Å². The maximum absolute atomic E-state index is 13.7. The Morgan fingerprint density at radius 2 is 1.76 bits per heavy atom. The summed E-state index contributed by atoms with van der Waals surface area (Å²) in [6.45, 7) is 4.18. The van der Waals surface area contributed by atoms with Gasteiger partial charge in [-0.15, -0.1) is 0 Å². The Morgan fingerprint density at radius 1 is 1.08 bits per heavy atom. The van der Waals surface area contributed by atoms with Crippen molar-refractivity contribution in [3.63, 3.8) is 0 Å². The molecule has 2 aromatic rings. The molecule has 1 heterocycles. The molecule has 0 aliphatic heterocycles. The van der Waals surface area contributed by atoms with E-state index >= 15 is 0 Å². The van der Waals surface area contributed by atoms with Gasteiger partial charge >= 0.3 is 5.97 Å². The lowest BCUT2D eigenvalue weighted by atomic mass is 9.98. The molecule has 4 heteroatoms. The van der Waals surface area contributed by atoms with E-state index in [1.54, 1.807) is 0 Å². The molecule has 0 amide bonds. The van der Waals surface area contributed by atoms with E-state index in [0.29, 0.717) is 5.69 Å². The smallest absolute Gasteiger partial charge is 0.355 e. The van der Waals surface area contributed by atoms with Gasteiger partial charge in [0.25, 0.3) is 0 Å². The molecule has 1 aromatic heterocycles. The first kappa shape index (κ1) is 19.2. The van der Waals surface area contributed by atoms with Gasteiger partial charge in [0.1, 0.15) is 0 Å². The summed E-state index contributed by atoms with van der Waals surface area (Å²) >= 11 is 0. The molecule has 0 radical (unpaired) electrons. The third-order valence-corrected chi connectivity index (χ3v) is 4.64. The molecule has 0 saturated heterocycles. The lowest BCUT2D eigenvalue weighted by Crippen LogP contribution is -1.99. The molecular weight excluding hydrogens is 317 g/mol. The van der Waals surface area contributed by atoms with E-state index in [4.69, 9.17) is 5.11 Å². The predicted molar refractivity (Wildman–Crippen MR) is 99.6 cm³/mol. The van der Waals surface area contributed by atoms with Gasteiger partial charge in [0.2, 0.25) is 0 Å². The number of unbranched alkanes of at least 4 members (excludes halogenated alkanes) is 6. The lowest BCUT2D eigenvalue weighted by molar-refractivity contribution is 0.0686. The first-order valence-electron chi connectivity index (χ1n) is 9.24. The number of aromatic carboxylic acids is 1. The van der Waals surface area contributed by atoms with E-state index in [0.717, 1.165) is 24.0 Å². The molecule has 0 unspecified atom stereocenters. The van der Waals surface area contributed by atoms with Crippen LogP contribution in [-0.4, -0.2) is 16.1 Å². The zero-order valence-corrected chi connectivity index (χ0v) is 15.2. The number of aryl methyl sites for hydroxylation is 2. The molecule has 3 nitrogen and oxygen atoms in total. The molecule has 0 saturated carbocycles. The van der Waals surface area contributed by atoms with Crippen molar-refractivity contribution in [2.24, 2.45) is 0 Å². The van der Waals surface area contributed by atoms with Crippen LogP contribution in [0.1, 0.15) is 73.5 Å². The summed E-state index contributed by atoms with van der Waals surface area (Å²) in [5.74, 6) is -2.00. The van der Waals surface area contributed by atoms with Crippen molar-refractivity contribution in [1.29, 1.82) is 0 Å². The number of nitrogens with one attached hydrogen (secondary N) is 1. The number of hydrogen-bond donors (Lipinski definition) is 2. The van der Waals surface area contributed by atoms with Gasteiger partial charge in [0.05, 0.1) is 0 Å². The minimum atomic E-state index is -1.28. The molecule has 1 aromatic carbocycles. The molecule has 0 atom stereocenters. The van der Waals surface area contributed by atoms with Crippen LogP contribution in [0.25, 0.3) is 11.3 Å². The van der Waals surface area contributed by atoms with Gasteiger partial charge < -0.3 is 10.1 Å². The highest BCUT2D eigenvalue weighted by molar-refractivity contribution is 5.87. The van der Waals surface area contributed by atoms with Gasteiger partial charge in [-0.2, -0.15) is 0 Å². The Kier molecular flexibility index (Phi) is 7.23. The summed E-state index contributed by atoms with van der Waals surface area (Å²) in [5, 5.41) is 9.00. The summed E-state index contributed by atoms with van der Waals surface area (Å²) in [6, 6.07) is 7.44. The third-order valence-electron chi connectivity index (χ3n) is 4.64. The minimum absolute atomic E-state index is 0.383. The van der Waals surface area contributed by atoms with Crippen LogP contribution < -0.4 is 0 Å². The zero-order chi connectivity index (χ0) is 18.2. The number of aromatic amines is 1. The molecule has 0 bridgehead atoms. The molecule has 2 rings (SSSR count). The fourth-order valence-corrected chi connectivity index (χ4v) is 3.13. The second-order valence-corrected chi connectivity index (χ2v) is 6.73. The topological polar surface area (TPSA) is 53.1 Å². The molecule has 0 aliphatic carbocycles. The lowest BCUT2D eigenvalue weighted by Gasteiger charge is -2.08. The van der Waals surface area contributed by atoms with E-state index in [9.17, 15) is 9.18 Å². The Hall–Kier alpha value is -2.10. The molecule has 2 N–H and O–H groups in total. The maximum atomic E-state index is 13.7. The van der Waals surface area contributed by atoms with E-state index < -0.39 is 11.8 Å². The van der Waals surface area contributed by atoms with Crippen LogP contribution in [0.5, 0.6) is 0 Å². The van der Waals surface area contributed by atoms with Gasteiger partial charge in [-0.25, -0.2) is 9.18 Å². The fourth-order valence-electron chi connectivity index (χ4n) is 3.13. The zero-order valence-electron chi connectivity index (χ0n) is 15.2. The quantitative estimate of drug-likeness (QED) is 0.510. The molecule has 0 spiro atoms. The third kappa shape index (κ3) is 5.45. The summed E-state index contributed by atoms with van der Waals surface area (Å²) in [7, 11) is 0. The highest BCUT2D eigenvalue weighted by Crippen LogP contribution is 2.26. The van der Waals surface area contributed by atoms with Gasteiger partial charge in [-0.1, -0.05) is 57.6 Å². The number of carboxylic acids is 1. The fraction of sp³-hybridized carbons (Fsp3) is 0.476. The van der Waals surface area contributed by atoms with Crippen molar-refractivity contribution in [3.8, 4) is 11.3 Å². The molecule has 0 fully saturated rings. The number of carbonyl (C=O) groups is 1. The SMILES string of the molecule is CCCCCCCCCc1ccc(C)c(-c2cc(F)c(C(=O)O)[nH]2)c1. The second kappa shape index (κ2) is 9.40. The Labute approximate surface area is 149 Å². The van der Waals surface area contributed by atoms with Crippen molar-refractivity contribution in [2.45, 2.75) is 65.2 Å². The van der Waals surface area contributed by atoms with Crippen LogP contribution in [-0.2, 0) is 6.42 Å². The Morgan fingerprint density at radius 3 is 2.40 bits per heavy atom. The van der Waals surface area contributed by atoms with Crippen LogP contribution >= 0.6 is 0 Å². The average Bonchev–Trinajstić information content (AvgIpc) is 2.97. The number of carboxylic acid groups (broad SMARTS) is 1. The second-order valence-electron chi connectivity index (χ2n) is 6.73. The van der Waals surface area contributed by atoms with Crippen LogP contribution in [0.4, 0.5) is 4.39 Å². The number of benzene rings is 1. The van der Waals surface area contributed by atoms with Crippen molar-refractivity contribution < 1.29 is 14.3 Å². The maximum Gasteiger partial charge on any atom is 0.355 e. The molecule has 136 valence electrons. The monoisotopic (exact) mass is 345 g/mol. The number of hydrogen-bond acceptors (Lipinski definition) is 1. The predicted octanol–water partition coefficient (Wildman–Crippen LogP) is 6.12. The normalized spacial score (nSPS) is 11.0. The molecule has 25 heavy (non-hydrogen) atoms. The highest BCUT2D eigenvalue weighted by Gasteiger charge is 2.16. The van der Waals surface area contributed by atoms with Crippen molar-refractivity contribution in [2.75, 3.05) is 0 Å². The number of rotatable bonds is 10. The van der Waals surface area contributed by atoms with Gasteiger partial charge in [-0.05, 0) is 37.0 Å². The van der Waals surface area contributed by atoms with Crippen molar-refractivity contribution >= 4 is 5.97 Å².